The number of hydrogen-bond acceptors (Lipinski definition) is 5. The maximum absolute atomic E-state index is 11.7. The van der Waals surface area contributed by atoms with Gasteiger partial charge in [0.15, 0.2) is 0 Å². The van der Waals surface area contributed by atoms with E-state index in [1.54, 1.807) is 0 Å². The molecule has 124 valence electrons. The number of aryl methyl sites for hydroxylation is 1. The summed E-state index contributed by atoms with van der Waals surface area (Å²) in [6, 6.07) is 0.261. The highest BCUT2D eigenvalue weighted by atomic mass is 32.1. The fraction of sp³-hybridized carbons (Fsp3) is 0.529. The molecule has 2 aromatic rings. The number of nitrogens with one attached hydrogen (secondary N) is 1. The van der Waals surface area contributed by atoms with Crippen LogP contribution >= 0.6 is 11.3 Å². The Kier molecular flexibility index (Phi) is 3.84. The lowest BCUT2D eigenvalue weighted by Crippen LogP contribution is -2.33. The minimum absolute atomic E-state index is 0.168. The molecule has 23 heavy (non-hydrogen) atoms. The number of nitrogen functional groups attached to an aromatic ring is 1. The van der Waals surface area contributed by atoms with Gasteiger partial charge in [-0.25, -0.2) is 4.98 Å². The predicted molar refractivity (Wildman–Crippen MR) is 95.8 cm³/mol. The summed E-state index contributed by atoms with van der Waals surface area (Å²) in [6.07, 6.45) is 2.86. The lowest BCUT2D eigenvalue weighted by Gasteiger charge is -2.38. The van der Waals surface area contributed by atoms with E-state index < -0.39 is 5.91 Å². The summed E-state index contributed by atoms with van der Waals surface area (Å²) in [5.41, 5.74) is 16.0. The van der Waals surface area contributed by atoms with Crippen molar-refractivity contribution >= 4 is 33.1 Å². The molecule has 0 saturated heterocycles. The average Bonchev–Trinajstić information content (AvgIpc) is 2.81. The number of pyridine rings is 1. The average molecular weight is 332 g/mol. The minimum Gasteiger partial charge on any atom is -0.397 e. The largest absolute Gasteiger partial charge is 0.397 e. The number of anilines is 1. The van der Waals surface area contributed by atoms with Crippen LogP contribution in [0.4, 0.5) is 5.69 Å². The van der Waals surface area contributed by atoms with Crippen molar-refractivity contribution in [2.24, 2.45) is 11.1 Å². The molecule has 5 N–H and O–H groups in total. The Morgan fingerprint density at radius 1 is 1.48 bits per heavy atom. The first-order valence-corrected chi connectivity index (χ1v) is 8.81. The fourth-order valence-corrected chi connectivity index (χ4v) is 4.79. The van der Waals surface area contributed by atoms with Gasteiger partial charge in [-0.2, -0.15) is 0 Å². The molecule has 1 unspecified atom stereocenters. The van der Waals surface area contributed by atoms with Crippen LogP contribution in [-0.4, -0.2) is 17.9 Å². The molecule has 5 nitrogen and oxygen atoms in total. The Hall–Kier alpha value is -1.66. The smallest absolute Gasteiger partial charge is 0.260 e. The SMILES string of the molecule is CCc1nc2sc(C(N)=O)c(N)c2c2c1C(NC)CC(C)(C)C2. The second kappa shape index (κ2) is 5.46. The number of fused-ring (bicyclic) bond motifs is 3. The van der Waals surface area contributed by atoms with Crippen LogP contribution in [0.5, 0.6) is 0 Å². The normalized spacial score (nSPS) is 19.7. The van der Waals surface area contributed by atoms with Crippen molar-refractivity contribution in [1.82, 2.24) is 10.3 Å². The summed E-state index contributed by atoms with van der Waals surface area (Å²) in [7, 11) is 1.99. The summed E-state index contributed by atoms with van der Waals surface area (Å²) in [5.74, 6) is -0.475. The van der Waals surface area contributed by atoms with Crippen molar-refractivity contribution in [3.63, 3.8) is 0 Å². The van der Waals surface area contributed by atoms with Gasteiger partial charge in [-0.1, -0.05) is 20.8 Å². The number of rotatable bonds is 3. The molecule has 1 aliphatic rings. The number of nitrogens with zero attached hydrogens (tertiary/aromatic N) is 1. The van der Waals surface area contributed by atoms with Gasteiger partial charge in [-0.05, 0) is 42.9 Å². The van der Waals surface area contributed by atoms with Crippen LogP contribution in [0.2, 0.25) is 0 Å². The quantitative estimate of drug-likeness (QED) is 0.805. The third kappa shape index (κ3) is 2.50. The van der Waals surface area contributed by atoms with E-state index in [1.165, 1.54) is 22.5 Å². The van der Waals surface area contributed by atoms with Gasteiger partial charge in [0.25, 0.3) is 5.91 Å². The topological polar surface area (TPSA) is 94.0 Å². The molecule has 0 aliphatic heterocycles. The molecule has 0 radical (unpaired) electrons. The van der Waals surface area contributed by atoms with Crippen LogP contribution in [-0.2, 0) is 12.8 Å². The molecule has 0 saturated carbocycles. The molecular formula is C17H24N4OS. The Morgan fingerprint density at radius 3 is 2.74 bits per heavy atom. The fourth-order valence-electron chi connectivity index (χ4n) is 3.79. The van der Waals surface area contributed by atoms with Crippen LogP contribution in [0.3, 0.4) is 0 Å². The van der Waals surface area contributed by atoms with E-state index in [0.717, 1.165) is 35.2 Å². The van der Waals surface area contributed by atoms with Crippen LogP contribution in [0.25, 0.3) is 10.2 Å². The van der Waals surface area contributed by atoms with Gasteiger partial charge in [-0.3, -0.25) is 4.79 Å². The number of carbonyl (C=O) groups excluding carboxylic acids is 1. The summed E-state index contributed by atoms with van der Waals surface area (Å²) < 4.78 is 0. The summed E-state index contributed by atoms with van der Waals surface area (Å²) in [4.78, 5) is 17.7. The van der Waals surface area contributed by atoms with Crippen molar-refractivity contribution in [1.29, 1.82) is 0 Å². The van der Waals surface area contributed by atoms with Crippen LogP contribution in [0.15, 0.2) is 0 Å². The van der Waals surface area contributed by atoms with Crippen LogP contribution < -0.4 is 16.8 Å². The van der Waals surface area contributed by atoms with Crippen molar-refractivity contribution in [3.8, 4) is 0 Å². The maximum Gasteiger partial charge on any atom is 0.260 e. The number of amides is 1. The van der Waals surface area contributed by atoms with Gasteiger partial charge < -0.3 is 16.8 Å². The number of thiophene rings is 1. The molecule has 0 spiro atoms. The predicted octanol–water partition coefficient (Wildman–Crippen LogP) is 2.77. The Bertz CT molecular complexity index is 794. The van der Waals surface area contributed by atoms with Gasteiger partial charge >= 0.3 is 0 Å². The highest BCUT2D eigenvalue weighted by Crippen LogP contribution is 2.47. The summed E-state index contributed by atoms with van der Waals surface area (Å²) >= 11 is 1.31. The van der Waals surface area contributed by atoms with E-state index in [0.29, 0.717) is 10.6 Å². The van der Waals surface area contributed by atoms with Crippen molar-refractivity contribution < 1.29 is 4.79 Å². The van der Waals surface area contributed by atoms with Crippen LogP contribution in [0.1, 0.15) is 59.7 Å². The van der Waals surface area contributed by atoms with E-state index in [-0.39, 0.29) is 11.5 Å². The summed E-state index contributed by atoms with van der Waals surface area (Å²) in [6.45, 7) is 6.66. The molecule has 2 heterocycles. The van der Waals surface area contributed by atoms with Gasteiger partial charge in [0.05, 0.1) is 5.69 Å². The molecule has 6 heteroatoms. The standard InChI is InChI=1S/C17H24N4OS/c1-5-9-11-8(6-17(2,3)7-10(11)20-4)12-13(18)14(15(19)22)23-16(12)21-9/h10,20H,5-7,18H2,1-4H3,(H2,19,22). The first-order valence-electron chi connectivity index (χ1n) is 7.99. The van der Waals surface area contributed by atoms with E-state index in [2.05, 4.69) is 26.1 Å². The number of nitrogens with two attached hydrogens (primary N) is 2. The molecule has 0 fully saturated rings. The molecular weight excluding hydrogens is 308 g/mol. The van der Waals surface area contributed by atoms with Crippen molar-refractivity contribution in [3.05, 3.63) is 21.7 Å². The molecule has 1 aliphatic carbocycles. The molecule has 0 aromatic carbocycles. The van der Waals surface area contributed by atoms with E-state index in [9.17, 15) is 4.79 Å². The molecule has 2 aromatic heterocycles. The third-order valence-electron chi connectivity index (χ3n) is 4.77. The zero-order valence-corrected chi connectivity index (χ0v) is 14.9. The monoisotopic (exact) mass is 332 g/mol. The number of hydrogen-bond donors (Lipinski definition) is 3. The highest BCUT2D eigenvalue weighted by molar-refractivity contribution is 7.21. The Morgan fingerprint density at radius 2 is 2.17 bits per heavy atom. The zero-order chi connectivity index (χ0) is 16.9. The second-order valence-electron chi connectivity index (χ2n) is 7.08. The minimum atomic E-state index is -0.475. The number of aromatic nitrogens is 1. The zero-order valence-electron chi connectivity index (χ0n) is 14.1. The van der Waals surface area contributed by atoms with E-state index >= 15 is 0 Å². The van der Waals surface area contributed by atoms with Crippen LogP contribution in [0, 0.1) is 5.41 Å². The van der Waals surface area contributed by atoms with E-state index in [1.807, 2.05) is 7.05 Å². The van der Waals surface area contributed by atoms with Gasteiger partial charge in [0.2, 0.25) is 0 Å². The van der Waals surface area contributed by atoms with Gasteiger partial charge in [-0.15, -0.1) is 11.3 Å². The molecule has 1 amide bonds. The Balaban J connectivity index is 2.39. The molecule has 0 bridgehead atoms. The number of primary amides is 1. The first-order chi connectivity index (χ1) is 10.8. The van der Waals surface area contributed by atoms with Crippen molar-refractivity contribution in [2.45, 2.75) is 46.1 Å². The second-order valence-corrected chi connectivity index (χ2v) is 8.08. The van der Waals surface area contributed by atoms with Crippen molar-refractivity contribution in [2.75, 3.05) is 12.8 Å². The van der Waals surface area contributed by atoms with E-state index in [4.69, 9.17) is 16.5 Å². The number of carbonyl (C=O) groups is 1. The maximum atomic E-state index is 11.7. The lowest BCUT2D eigenvalue weighted by molar-refractivity contribution is 0.100. The van der Waals surface area contributed by atoms with Gasteiger partial charge in [0.1, 0.15) is 9.71 Å². The summed E-state index contributed by atoms with van der Waals surface area (Å²) in [5, 5.41) is 4.37. The third-order valence-corrected chi connectivity index (χ3v) is 5.88. The Labute approximate surface area is 140 Å². The molecule has 3 rings (SSSR count). The molecule has 1 atom stereocenters. The van der Waals surface area contributed by atoms with Gasteiger partial charge in [0, 0.05) is 17.1 Å². The lowest BCUT2D eigenvalue weighted by atomic mass is 9.70. The first kappa shape index (κ1) is 16.2. The highest BCUT2D eigenvalue weighted by Gasteiger charge is 2.36.